The Morgan fingerprint density at radius 3 is 2.65 bits per heavy atom. The largest absolute Gasteiger partial charge is 0.419 e. The summed E-state index contributed by atoms with van der Waals surface area (Å²) in [7, 11) is 0. The van der Waals surface area contributed by atoms with Crippen molar-refractivity contribution in [2.45, 2.75) is 38.1 Å². The normalized spacial score (nSPS) is 21.8. The van der Waals surface area contributed by atoms with Crippen LogP contribution in [0, 0.1) is 5.82 Å². The molecule has 1 aliphatic heterocycles. The molecule has 0 spiro atoms. The van der Waals surface area contributed by atoms with Crippen molar-refractivity contribution in [3.63, 3.8) is 0 Å². The molecule has 6 heteroatoms. The van der Waals surface area contributed by atoms with E-state index in [-0.39, 0.29) is 12.1 Å². The van der Waals surface area contributed by atoms with Crippen molar-refractivity contribution in [2.75, 3.05) is 13.1 Å². The van der Waals surface area contributed by atoms with Crippen molar-refractivity contribution in [3.05, 3.63) is 35.1 Å². The maximum atomic E-state index is 13.5. The minimum atomic E-state index is -4.69. The number of aliphatic hydroxyl groups excluding tert-OH is 1. The second-order valence-electron chi connectivity index (χ2n) is 5.13. The Bertz CT molecular complexity index is 461. The van der Waals surface area contributed by atoms with Crippen molar-refractivity contribution >= 4 is 0 Å². The van der Waals surface area contributed by atoms with Gasteiger partial charge in [-0.15, -0.1) is 0 Å². The molecule has 2 nitrogen and oxygen atoms in total. The molecule has 1 N–H and O–H groups in total. The van der Waals surface area contributed by atoms with Crippen LogP contribution >= 0.6 is 0 Å². The average Bonchev–Trinajstić information content (AvgIpc) is 2.53. The molecule has 1 heterocycles. The predicted octanol–water partition coefficient (Wildman–Crippen LogP) is 3.19. The van der Waals surface area contributed by atoms with Crippen LogP contribution in [-0.2, 0) is 12.7 Å². The summed E-state index contributed by atoms with van der Waals surface area (Å²) in [6.45, 7) is 1.19. The molecule has 0 aromatic heterocycles. The summed E-state index contributed by atoms with van der Waals surface area (Å²) in [5.74, 6) is -1.23. The van der Waals surface area contributed by atoms with Crippen molar-refractivity contribution in [3.8, 4) is 0 Å². The summed E-state index contributed by atoms with van der Waals surface area (Å²) in [5.41, 5.74) is -1.22. The first-order valence-electron chi connectivity index (χ1n) is 6.63. The van der Waals surface area contributed by atoms with Gasteiger partial charge in [0.2, 0.25) is 0 Å². The summed E-state index contributed by atoms with van der Waals surface area (Å²) < 4.78 is 52.2. The summed E-state index contributed by atoms with van der Waals surface area (Å²) >= 11 is 0. The molecule has 20 heavy (non-hydrogen) atoms. The van der Waals surface area contributed by atoms with E-state index in [1.165, 1.54) is 12.1 Å². The van der Waals surface area contributed by atoms with Crippen molar-refractivity contribution < 1.29 is 22.7 Å². The van der Waals surface area contributed by atoms with Crippen LogP contribution in [0.1, 0.15) is 30.4 Å². The van der Waals surface area contributed by atoms with E-state index in [0.29, 0.717) is 25.9 Å². The highest BCUT2D eigenvalue weighted by atomic mass is 19.4. The van der Waals surface area contributed by atoms with Gasteiger partial charge in [0, 0.05) is 13.1 Å². The third kappa shape index (κ3) is 3.70. The van der Waals surface area contributed by atoms with E-state index in [2.05, 4.69) is 0 Å². The first-order valence-corrected chi connectivity index (χ1v) is 6.63. The van der Waals surface area contributed by atoms with E-state index < -0.39 is 23.7 Å². The highest BCUT2D eigenvalue weighted by Crippen LogP contribution is 2.34. The van der Waals surface area contributed by atoms with Gasteiger partial charge in [-0.25, -0.2) is 4.39 Å². The third-order valence-electron chi connectivity index (χ3n) is 3.57. The Hall–Kier alpha value is -1.14. The van der Waals surface area contributed by atoms with Crippen LogP contribution in [-0.4, -0.2) is 29.2 Å². The summed E-state index contributed by atoms with van der Waals surface area (Å²) in [5, 5.41) is 9.53. The average molecular weight is 291 g/mol. The highest BCUT2D eigenvalue weighted by Gasteiger charge is 2.36. The van der Waals surface area contributed by atoms with E-state index in [0.717, 1.165) is 12.5 Å². The third-order valence-corrected chi connectivity index (χ3v) is 3.57. The van der Waals surface area contributed by atoms with Gasteiger partial charge in [0.1, 0.15) is 5.82 Å². The quantitative estimate of drug-likeness (QED) is 0.846. The molecule has 1 aromatic carbocycles. The Labute approximate surface area is 115 Å². The van der Waals surface area contributed by atoms with Crippen molar-refractivity contribution in [1.82, 2.24) is 4.90 Å². The van der Waals surface area contributed by atoms with Crippen molar-refractivity contribution in [2.24, 2.45) is 0 Å². The monoisotopic (exact) mass is 291 g/mol. The lowest BCUT2D eigenvalue weighted by Gasteiger charge is -2.22. The molecule has 1 aromatic rings. The van der Waals surface area contributed by atoms with E-state index in [4.69, 9.17) is 0 Å². The maximum absolute atomic E-state index is 13.5. The molecule has 0 bridgehead atoms. The number of rotatable bonds is 2. The van der Waals surface area contributed by atoms with E-state index in [9.17, 15) is 22.7 Å². The van der Waals surface area contributed by atoms with Gasteiger partial charge in [0.15, 0.2) is 0 Å². The Morgan fingerprint density at radius 2 is 1.95 bits per heavy atom. The van der Waals surface area contributed by atoms with Crippen LogP contribution in [0.4, 0.5) is 17.6 Å². The fourth-order valence-corrected chi connectivity index (χ4v) is 2.56. The van der Waals surface area contributed by atoms with Crippen LogP contribution in [0.3, 0.4) is 0 Å². The summed E-state index contributed by atoms with van der Waals surface area (Å²) in [6, 6.07) is 3.44. The molecule has 1 aliphatic rings. The molecule has 1 unspecified atom stereocenters. The Morgan fingerprint density at radius 1 is 1.20 bits per heavy atom. The second-order valence-corrected chi connectivity index (χ2v) is 5.13. The standard InChI is InChI=1S/C14H17F4NO/c15-12-5-1-3-10(13(12)14(16,17)18)9-19-7-2-4-11(20)6-8-19/h1,3,5,11,20H,2,4,6-9H2. The second kappa shape index (κ2) is 6.10. The molecule has 112 valence electrons. The molecule has 1 fully saturated rings. The fourth-order valence-electron chi connectivity index (χ4n) is 2.56. The lowest BCUT2D eigenvalue weighted by molar-refractivity contribution is -0.140. The summed E-state index contributed by atoms with van der Waals surface area (Å²) in [4.78, 5) is 1.83. The molecule has 2 rings (SSSR count). The first kappa shape index (κ1) is 15.3. The van der Waals surface area contributed by atoms with Gasteiger partial charge in [0.25, 0.3) is 0 Å². The van der Waals surface area contributed by atoms with Gasteiger partial charge in [-0.3, -0.25) is 4.90 Å². The minimum Gasteiger partial charge on any atom is -0.393 e. The van der Waals surface area contributed by atoms with Gasteiger partial charge < -0.3 is 5.11 Å². The fraction of sp³-hybridized carbons (Fsp3) is 0.571. The number of alkyl halides is 3. The van der Waals surface area contributed by atoms with Crippen molar-refractivity contribution in [1.29, 1.82) is 0 Å². The van der Waals surface area contributed by atoms with Crippen LogP contribution < -0.4 is 0 Å². The molecular weight excluding hydrogens is 274 g/mol. The number of hydrogen-bond acceptors (Lipinski definition) is 2. The smallest absolute Gasteiger partial charge is 0.393 e. The Balaban J connectivity index is 2.19. The lowest BCUT2D eigenvalue weighted by Crippen LogP contribution is -2.26. The number of nitrogens with zero attached hydrogens (tertiary/aromatic N) is 1. The van der Waals surface area contributed by atoms with Gasteiger partial charge >= 0.3 is 6.18 Å². The van der Waals surface area contributed by atoms with Crippen LogP contribution in [0.5, 0.6) is 0 Å². The molecule has 1 atom stereocenters. The van der Waals surface area contributed by atoms with E-state index in [1.54, 1.807) is 0 Å². The van der Waals surface area contributed by atoms with Crippen LogP contribution in [0.15, 0.2) is 18.2 Å². The number of aliphatic hydroxyl groups is 1. The van der Waals surface area contributed by atoms with Gasteiger partial charge in [-0.1, -0.05) is 12.1 Å². The topological polar surface area (TPSA) is 23.5 Å². The molecule has 0 amide bonds. The number of hydrogen-bond donors (Lipinski definition) is 1. The molecule has 1 saturated heterocycles. The zero-order valence-electron chi connectivity index (χ0n) is 11.0. The maximum Gasteiger partial charge on any atom is 0.419 e. The van der Waals surface area contributed by atoms with Gasteiger partial charge in [-0.05, 0) is 37.4 Å². The number of likely N-dealkylation sites (tertiary alicyclic amines) is 1. The number of halogens is 4. The first-order chi connectivity index (χ1) is 9.38. The predicted molar refractivity (Wildman–Crippen MR) is 66.5 cm³/mol. The Kier molecular flexibility index (Phi) is 4.65. The van der Waals surface area contributed by atoms with E-state index >= 15 is 0 Å². The number of benzene rings is 1. The zero-order valence-corrected chi connectivity index (χ0v) is 11.0. The molecule has 0 aliphatic carbocycles. The highest BCUT2D eigenvalue weighted by molar-refractivity contribution is 5.31. The van der Waals surface area contributed by atoms with Crippen LogP contribution in [0.25, 0.3) is 0 Å². The van der Waals surface area contributed by atoms with E-state index in [1.807, 2.05) is 4.90 Å². The molecular formula is C14H17F4NO. The van der Waals surface area contributed by atoms with Crippen LogP contribution in [0.2, 0.25) is 0 Å². The lowest BCUT2D eigenvalue weighted by atomic mass is 10.1. The SMILES string of the molecule is OC1CCCN(Cc2cccc(F)c2C(F)(F)F)CC1. The minimum absolute atomic E-state index is 0.0473. The summed E-state index contributed by atoms with van der Waals surface area (Å²) in [6.07, 6.45) is -3.15. The van der Waals surface area contributed by atoms with Gasteiger partial charge in [-0.2, -0.15) is 13.2 Å². The zero-order chi connectivity index (χ0) is 14.8. The molecule has 0 saturated carbocycles. The van der Waals surface area contributed by atoms with Gasteiger partial charge in [0.05, 0.1) is 11.7 Å². The molecule has 0 radical (unpaired) electrons.